The van der Waals surface area contributed by atoms with Gasteiger partial charge >= 0.3 is 0 Å². The minimum atomic E-state index is -0.550. The lowest BCUT2D eigenvalue weighted by Crippen LogP contribution is -2.42. The van der Waals surface area contributed by atoms with Gasteiger partial charge in [-0.25, -0.2) is 0 Å². The van der Waals surface area contributed by atoms with Gasteiger partial charge < -0.3 is 11.1 Å². The highest BCUT2D eigenvalue weighted by atomic mass is 32.2. The van der Waals surface area contributed by atoms with E-state index in [1.165, 1.54) is 28.7 Å². The third-order valence-corrected chi connectivity index (χ3v) is 9.24. The van der Waals surface area contributed by atoms with E-state index in [1.54, 1.807) is 4.90 Å². The third-order valence-electron chi connectivity index (χ3n) is 7.20. The summed E-state index contributed by atoms with van der Waals surface area (Å²) in [6, 6.07) is 22.0. The van der Waals surface area contributed by atoms with Crippen molar-refractivity contribution in [3.63, 3.8) is 0 Å². The maximum atomic E-state index is 13.6. The molecule has 1 unspecified atom stereocenters. The Balaban J connectivity index is 1.36. The number of nitrogens with two attached hydrogens (primary N) is 1. The van der Waals surface area contributed by atoms with E-state index in [0.717, 1.165) is 17.7 Å². The second kappa shape index (κ2) is 12.8. The molecule has 214 valence electrons. The first kappa shape index (κ1) is 29.3. The molecular weight excluding hydrogens is 565 g/mol. The van der Waals surface area contributed by atoms with Crippen LogP contribution in [0.5, 0.6) is 0 Å². The molecular formula is C32H32N6O2S2. The largest absolute Gasteiger partial charge is 0.384 e. The van der Waals surface area contributed by atoms with Crippen LogP contribution in [0.15, 0.2) is 93.7 Å². The van der Waals surface area contributed by atoms with E-state index in [0.29, 0.717) is 40.0 Å². The smallest absolute Gasteiger partial charge is 0.230 e. The second-order valence-corrected chi connectivity index (χ2v) is 13.2. The Labute approximate surface area is 254 Å². The summed E-state index contributed by atoms with van der Waals surface area (Å²) >= 11 is 2.58. The van der Waals surface area contributed by atoms with Gasteiger partial charge in [-0.3, -0.25) is 14.5 Å². The maximum absolute atomic E-state index is 13.6. The first-order valence-corrected chi connectivity index (χ1v) is 15.5. The number of nitrogens with one attached hydrogen (secondary N) is 1. The molecule has 1 amide bonds. The number of thioether (sulfide) groups is 1. The number of allylic oxidation sites excluding steroid dienone is 4. The molecule has 3 N–H and O–H groups in total. The number of rotatable bonds is 9. The van der Waals surface area contributed by atoms with Crippen LogP contribution in [0, 0.1) is 22.7 Å². The lowest BCUT2D eigenvalue weighted by atomic mass is 9.70. The molecule has 1 aliphatic heterocycles. The van der Waals surface area contributed by atoms with E-state index in [9.17, 15) is 14.9 Å². The second-order valence-electron chi connectivity index (χ2n) is 11.0. The molecule has 1 atom stereocenters. The highest BCUT2D eigenvalue weighted by Crippen LogP contribution is 2.48. The number of carbonyl (C=O) groups is 2. The van der Waals surface area contributed by atoms with Crippen LogP contribution >= 0.6 is 23.1 Å². The monoisotopic (exact) mass is 596 g/mol. The average molecular weight is 597 g/mol. The van der Waals surface area contributed by atoms with Gasteiger partial charge in [0.25, 0.3) is 0 Å². The summed E-state index contributed by atoms with van der Waals surface area (Å²) in [7, 11) is 0. The van der Waals surface area contributed by atoms with Crippen molar-refractivity contribution in [3.05, 3.63) is 101 Å². The number of benzene rings is 2. The van der Waals surface area contributed by atoms with Gasteiger partial charge in [-0.1, -0.05) is 110 Å². The average Bonchev–Trinajstić information content (AvgIpc) is 3.43. The van der Waals surface area contributed by atoms with Crippen LogP contribution in [0.1, 0.15) is 37.8 Å². The Morgan fingerprint density at radius 1 is 1.17 bits per heavy atom. The summed E-state index contributed by atoms with van der Waals surface area (Å²) in [5.74, 6) is -0.193. The molecule has 42 heavy (non-hydrogen) atoms. The molecule has 10 heteroatoms. The Morgan fingerprint density at radius 3 is 2.60 bits per heavy atom. The van der Waals surface area contributed by atoms with Crippen LogP contribution in [-0.4, -0.2) is 34.2 Å². The lowest BCUT2D eigenvalue weighted by molar-refractivity contribution is -0.119. The van der Waals surface area contributed by atoms with Crippen LogP contribution in [0.4, 0.5) is 5.13 Å². The molecule has 1 aromatic heterocycles. The number of anilines is 1. The molecule has 3 aromatic rings. The van der Waals surface area contributed by atoms with Crippen LogP contribution in [0.25, 0.3) is 6.08 Å². The number of aromatic nitrogens is 2. The van der Waals surface area contributed by atoms with Crippen molar-refractivity contribution in [2.45, 2.75) is 37.4 Å². The topological polar surface area (TPSA) is 125 Å². The summed E-state index contributed by atoms with van der Waals surface area (Å²) in [4.78, 5) is 27.8. The molecule has 0 bridgehead atoms. The van der Waals surface area contributed by atoms with Crippen molar-refractivity contribution in [2.75, 3.05) is 17.2 Å². The van der Waals surface area contributed by atoms with E-state index >= 15 is 0 Å². The molecule has 2 aromatic carbocycles. The SMILES string of the molecule is CC1(C)CC(=O)C2=C(C1)N(c1nnc(SCC(=O)NCCc3ccccc3)s1)C(N)=C(C#N)C2/C=C/c1ccccc1. The van der Waals surface area contributed by atoms with Gasteiger partial charge in [0.05, 0.1) is 17.4 Å². The Kier molecular flexibility index (Phi) is 8.90. The quantitative estimate of drug-likeness (QED) is 0.311. The first-order valence-electron chi connectivity index (χ1n) is 13.7. The fourth-order valence-electron chi connectivity index (χ4n) is 5.25. The van der Waals surface area contributed by atoms with Gasteiger partial charge in [0, 0.05) is 30.2 Å². The molecule has 0 saturated carbocycles. The highest BCUT2D eigenvalue weighted by molar-refractivity contribution is 8.01. The molecule has 8 nitrogen and oxygen atoms in total. The van der Waals surface area contributed by atoms with E-state index in [4.69, 9.17) is 5.73 Å². The zero-order valence-corrected chi connectivity index (χ0v) is 25.2. The number of ketones is 1. The van der Waals surface area contributed by atoms with Crippen LogP contribution in [0.3, 0.4) is 0 Å². The number of nitrogens with zero attached hydrogens (tertiary/aromatic N) is 4. The number of amides is 1. The van der Waals surface area contributed by atoms with Crippen molar-refractivity contribution in [1.82, 2.24) is 15.5 Å². The summed E-state index contributed by atoms with van der Waals surface area (Å²) in [5.41, 5.74) is 10.2. The fourth-order valence-corrected chi connectivity index (χ4v) is 6.96. The van der Waals surface area contributed by atoms with E-state index in [-0.39, 0.29) is 28.7 Å². The van der Waals surface area contributed by atoms with Gasteiger partial charge in [0.15, 0.2) is 10.1 Å². The number of hydrogen-bond acceptors (Lipinski definition) is 9. The van der Waals surface area contributed by atoms with E-state index in [2.05, 4.69) is 35.4 Å². The Morgan fingerprint density at radius 2 is 1.88 bits per heavy atom. The molecule has 0 radical (unpaired) electrons. The fraction of sp³-hybridized carbons (Fsp3) is 0.281. The van der Waals surface area contributed by atoms with Gasteiger partial charge in [0.1, 0.15) is 5.82 Å². The van der Waals surface area contributed by atoms with E-state index in [1.807, 2.05) is 72.8 Å². The first-order chi connectivity index (χ1) is 20.3. The van der Waals surface area contributed by atoms with Crippen LogP contribution in [0.2, 0.25) is 0 Å². The Hall–Kier alpha value is -4.20. The normalized spacial score (nSPS) is 18.3. The highest BCUT2D eigenvalue weighted by Gasteiger charge is 2.44. The van der Waals surface area contributed by atoms with Gasteiger partial charge in [0.2, 0.25) is 11.0 Å². The standard InChI is InChI=1S/C32H32N6O2S2/c1-32(2)17-25-28(26(39)18-32)23(14-13-21-9-5-3-6-10-21)24(19-33)29(34)38(25)30-36-37-31(42-30)41-20-27(40)35-16-15-22-11-7-4-8-12-22/h3-14,23H,15-18,20,34H2,1-2H3,(H,35,40)/b14-13+. The summed E-state index contributed by atoms with van der Waals surface area (Å²) in [6.07, 6.45) is 5.55. The maximum Gasteiger partial charge on any atom is 0.230 e. The van der Waals surface area contributed by atoms with Crippen molar-refractivity contribution >= 4 is 46.0 Å². The minimum absolute atomic E-state index is 0.000462. The molecule has 1 aliphatic carbocycles. The van der Waals surface area contributed by atoms with Crippen molar-refractivity contribution < 1.29 is 9.59 Å². The Bertz CT molecular complexity index is 1600. The number of Topliss-reactive ketones (excluding diaryl/α,β-unsaturated/α-hetero) is 1. The lowest BCUT2D eigenvalue weighted by Gasteiger charge is -2.41. The predicted octanol–water partition coefficient (Wildman–Crippen LogP) is 5.48. The predicted molar refractivity (Wildman–Crippen MR) is 167 cm³/mol. The van der Waals surface area contributed by atoms with Crippen LogP contribution in [-0.2, 0) is 16.0 Å². The number of hydrogen-bond donors (Lipinski definition) is 2. The minimum Gasteiger partial charge on any atom is -0.384 e. The molecule has 0 fully saturated rings. The van der Waals surface area contributed by atoms with Crippen LogP contribution < -0.4 is 16.0 Å². The summed E-state index contributed by atoms with van der Waals surface area (Å²) < 4.78 is 0.601. The van der Waals surface area contributed by atoms with Gasteiger partial charge in [-0.05, 0) is 29.4 Å². The van der Waals surface area contributed by atoms with Crippen molar-refractivity contribution in [1.29, 1.82) is 5.26 Å². The third kappa shape index (κ3) is 6.64. The molecule has 0 saturated heterocycles. The molecule has 0 spiro atoms. The molecule has 5 rings (SSSR count). The van der Waals surface area contributed by atoms with Gasteiger partial charge in [-0.2, -0.15) is 5.26 Å². The summed E-state index contributed by atoms with van der Waals surface area (Å²) in [6.45, 7) is 4.66. The summed E-state index contributed by atoms with van der Waals surface area (Å²) in [5, 5.41) is 22.3. The van der Waals surface area contributed by atoms with E-state index < -0.39 is 5.92 Å². The van der Waals surface area contributed by atoms with Gasteiger partial charge in [-0.15, -0.1) is 10.2 Å². The number of nitriles is 1. The van der Waals surface area contributed by atoms with Crippen molar-refractivity contribution in [2.24, 2.45) is 17.1 Å². The van der Waals surface area contributed by atoms with Crippen molar-refractivity contribution in [3.8, 4) is 6.07 Å². The molecule has 2 heterocycles. The molecule has 2 aliphatic rings. The number of carbonyl (C=O) groups excluding carboxylic acids is 2. The zero-order valence-electron chi connectivity index (χ0n) is 23.5. The zero-order chi connectivity index (χ0) is 29.7.